The van der Waals surface area contributed by atoms with Crippen LogP contribution in [0.4, 0.5) is 0 Å². The molecule has 1 aromatic heterocycles. The van der Waals surface area contributed by atoms with Crippen molar-refractivity contribution in [2.45, 2.75) is 26.0 Å². The summed E-state index contributed by atoms with van der Waals surface area (Å²) in [6.07, 6.45) is 4.04. The molecule has 2 amide bonds. The summed E-state index contributed by atoms with van der Waals surface area (Å²) < 4.78 is 7.40. The number of hydrogen-bond acceptors (Lipinski definition) is 5. The number of primary amides is 1. The van der Waals surface area contributed by atoms with Gasteiger partial charge in [0.15, 0.2) is 0 Å². The Labute approximate surface area is 136 Å². The zero-order valence-electron chi connectivity index (χ0n) is 13.8. The smallest absolute Gasteiger partial charge is 0.257 e. The second kappa shape index (κ2) is 8.07. The third kappa shape index (κ3) is 5.04. The highest BCUT2D eigenvalue weighted by Crippen LogP contribution is 2.10. The fraction of sp³-hybridized carbons (Fsp3) is 0.667. The van der Waals surface area contributed by atoms with Crippen LogP contribution in [0.1, 0.15) is 23.7 Å². The molecule has 0 radical (unpaired) electrons. The van der Waals surface area contributed by atoms with E-state index in [-0.39, 0.29) is 18.6 Å². The molecule has 128 valence electrons. The Morgan fingerprint density at radius 2 is 2.30 bits per heavy atom. The van der Waals surface area contributed by atoms with E-state index in [9.17, 15) is 9.59 Å². The Bertz CT molecular complexity index is 545. The van der Waals surface area contributed by atoms with E-state index in [1.165, 1.54) is 11.1 Å². The molecule has 8 nitrogen and oxygen atoms in total. The summed E-state index contributed by atoms with van der Waals surface area (Å²) in [5, 5.41) is 4.16. The van der Waals surface area contributed by atoms with E-state index in [1.54, 1.807) is 10.9 Å². The van der Waals surface area contributed by atoms with E-state index in [0.29, 0.717) is 18.7 Å². The van der Waals surface area contributed by atoms with Gasteiger partial charge in [-0.15, -0.1) is 0 Å². The van der Waals surface area contributed by atoms with E-state index < -0.39 is 5.91 Å². The van der Waals surface area contributed by atoms with Gasteiger partial charge in [-0.2, -0.15) is 5.10 Å². The lowest BCUT2D eigenvalue weighted by Crippen LogP contribution is -2.49. The summed E-state index contributed by atoms with van der Waals surface area (Å²) in [6.45, 7) is 5.21. The van der Waals surface area contributed by atoms with Crippen molar-refractivity contribution in [2.75, 3.05) is 39.8 Å². The maximum atomic E-state index is 12.6. The van der Waals surface area contributed by atoms with Gasteiger partial charge in [0.25, 0.3) is 5.91 Å². The Morgan fingerprint density at radius 1 is 1.52 bits per heavy atom. The maximum absolute atomic E-state index is 12.6. The number of ether oxygens (including phenoxy) is 1. The summed E-state index contributed by atoms with van der Waals surface area (Å²) in [7, 11) is 2.00. The molecule has 1 atom stereocenters. The lowest BCUT2D eigenvalue weighted by atomic mass is 10.2. The standard InChI is InChI=1S/C15H25N5O3/c1-3-4-20-8-12(7-17-20)15(22)19(11-14(16)21)10-13-9-18(2)5-6-23-13/h7-8,13H,3-6,9-11H2,1-2H3,(H2,16,21)/t13-/m0/s1. The van der Waals surface area contributed by atoms with E-state index in [0.717, 1.165) is 26.1 Å². The van der Waals surface area contributed by atoms with Crippen LogP contribution in [0, 0.1) is 0 Å². The molecule has 1 aliphatic rings. The van der Waals surface area contributed by atoms with Gasteiger partial charge in [-0.3, -0.25) is 14.3 Å². The first kappa shape index (κ1) is 17.4. The molecule has 0 bridgehead atoms. The van der Waals surface area contributed by atoms with Crippen LogP contribution in [0.25, 0.3) is 0 Å². The van der Waals surface area contributed by atoms with Crippen LogP contribution in [0.2, 0.25) is 0 Å². The zero-order chi connectivity index (χ0) is 16.8. The number of amides is 2. The summed E-state index contributed by atoms with van der Waals surface area (Å²) in [5.41, 5.74) is 5.75. The number of nitrogens with two attached hydrogens (primary N) is 1. The van der Waals surface area contributed by atoms with E-state index in [2.05, 4.69) is 10.00 Å². The van der Waals surface area contributed by atoms with E-state index >= 15 is 0 Å². The Hall–Kier alpha value is -1.93. The fourth-order valence-electron chi connectivity index (χ4n) is 2.64. The van der Waals surface area contributed by atoms with Crippen LogP contribution in [0.5, 0.6) is 0 Å². The predicted octanol–water partition coefficient (Wildman–Crippen LogP) is -0.449. The van der Waals surface area contributed by atoms with Gasteiger partial charge in [-0.05, 0) is 13.5 Å². The Kier molecular flexibility index (Phi) is 6.12. The Balaban J connectivity index is 2.06. The summed E-state index contributed by atoms with van der Waals surface area (Å²) in [5.74, 6) is -0.786. The number of morpholine rings is 1. The van der Waals surface area contributed by atoms with Crippen molar-refractivity contribution in [2.24, 2.45) is 5.73 Å². The van der Waals surface area contributed by atoms with Crippen LogP contribution < -0.4 is 5.73 Å². The highest BCUT2D eigenvalue weighted by atomic mass is 16.5. The molecule has 1 saturated heterocycles. The molecule has 1 aliphatic heterocycles. The van der Waals surface area contributed by atoms with Crippen LogP contribution >= 0.6 is 0 Å². The second-order valence-corrected chi connectivity index (χ2v) is 5.90. The topological polar surface area (TPSA) is 93.7 Å². The minimum absolute atomic E-state index is 0.122. The van der Waals surface area contributed by atoms with Crippen molar-refractivity contribution >= 4 is 11.8 Å². The number of aryl methyl sites for hydroxylation is 1. The second-order valence-electron chi connectivity index (χ2n) is 5.90. The molecule has 0 spiro atoms. The van der Waals surface area contributed by atoms with Gasteiger partial charge in [-0.1, -0.05) is 6.92 Å². The van der Waals surface area contributed by atoms with Crippen molar-refractivity contribution in [1.82, 2.24) is 19.6 Å². The average molecular weight is 323 g/mol. The number of nitrogens with zero attached hydrogens (tertiary/aromatic N) is 4. The van der Waals surface area contributed by atoms with Crippen LogP contribution in [-0.2, 0) is 16.1 Å². The third-order valence-corrected chi connectivity index (χ3v) is 3.73. The summed E-state index contributed by atoms with van der Waals surface area (Å²) in [6, 6.07) is 0. The first-order valence-corrected chi connectivity index (χ1v) is 7.89. The molecular formula is C15H25N5O3. The monoisotopic (exact) mass is 323 g/mol. The van der Waals surface area contributed by atoms with Crippen molar-refractivity contribution in [3.63, 3.8) is 0 Å². The molecule has 0 aliphatic carbocycles. The first-order chi connectivity index (χ1) is 11.0. The van der Waals surface area contributed by atoms with Crippen LogP contribution in [0.15, 0.2) is 12.4 Å². The molecule has 23 heavy (non-hydrogen) atoms. The highest BCUT2D eigenvalue weighted by Gasteiger charge is 2.26. The van der Waals surface area contributed by atoms with Gasteiger partial charge in [0.2, 0.25) is 5.91 Å². The molecule has 2 heterocycles. The lowest BCUT2D eigenvalue weighted by molar-refractivity contribution is -0.119. The molecule has 0 unspecified atom stereocenters. The molecule has 8 heteroatoms. The first-order valence-electron chi connectivity index (χ1n) is 7.89. The lowest BCUT2D eigenvalue weighted by Gasteiger charge is -2.33. The maximum Gasteiger partial charge on any atom is 0.257 e. The van der Waals surface area contributed by atoms with Crippen molar-refractivity contribution < 1.29 is 14.3 Å². The van der Waals surface area contributed by atoms with Gasteiger partial charge in [0, 0.05) is 32.4 Å². The number of carbonyl (C=O) groups excluding carboxylic acids is 2. The van der Waals surface area contributed by atoms with Crippen molar-refractivity contribution in [3.05, 3.63) is 18.0 Å². The Morgan fingerprint density at radius 3 is 2.96 bits per heavy atom. The van der Waals surface area contributed by atoms with Gasteiger partial charge in [0.1, 0.15) is 0 Å². The summed E-state index contributed by atoms with van der Waals surface area (Å²) >= 11 is 0. The largest absolute Gasteiger partial charge is 0.374 e. The third-order valence-electron chi connectivity index (χ3n) is 3.73. The normalized spacial score (nSPS) is 18.8. The zero-order valence-corrected chi connectivity index (χ0v) is 13.8. The minimum atomic E-state index is -0.538. The molecule has 1 fully saturated rings. The van der Waals surface area contributed by atoms with Crippen molar-refractivity contribution in [3.8, 4) is 0 Å². The SMILES string of the molecule is CCCn1cc(C(=O)N(CC(N)=O)C[C@@H]2CN(C)CCO2)cn1. The van der Waals surface area contributed by atoms with E-state index in [1.807, 2.05) is 14.0 Å². The highest BCUT2D eigenvalue weighted by molar-refractivity contribution is 5.95. The average Bonchev–Trinajstić information content (AvgIpc) is 2.94. The molecule has 2 N–H and O–H groups in total. The van der Waals surface area contributed by atoms with Crippen molar-refractivity contribution in [1.29, 1.82) is 0 Å². The van der Waals surface area contributed by atoms with Gasteiger partial charge < -0.3 is 20.3 Å². The minimum Gasteiger partial charge on any atom is -0.374 e. The number of hydrogen-bond donors (Lipinski definition) is 1. The van der Waals surface area contributed by atoms with Gasteiger partial charge in [0.05, 0.1) is 31.0 Å². The quantitative estimate of drug-likeness (QED) is 0.733. The molecule has 2 rings (SSSR count). The molecular weight excluding hydrogens is 298 g/mol. The number of carbonyl (C=O) groups is 2. The van der Waals surface area contributed by atoms with Gasteiger partial charge >= 0.3 is 0 Å². The van der Waals surface area contributed by atoms with Gasteiger partial charge in [-0.25, -0.2) is 0 Å². The fourth-order valence-corrected chi connectivity index (χ4v) is 2.64. The molecule has 0 saturated carbocycles. The predicted molar refractivity (Wildman–Crippen MR) is 84.9 cm³/mol. The molecule has 0 aromatic carbocycles. The summed E-state index contributed by atoms with van der Waals surface area (Å²) in [4.78, 5) is 27.5. The molecule has 1 aromatic rings. The number of rotatable bonds is 7. The van der Waals surface area contributed by atoms with E-state index in [4.69, 9.17) is 10.5 Å². The number of likely N-dealkylation sites (N-methyl/N-ethyl adjacent to an activating group) is 1. The van der Waals surface area contributed by atoms with Crippen LogP contribution in [0.3, 0.4) is 0 Å². The van der Waals surface area contributed by atoms with Crippen LogP contribution in [-0.4, -0.2) is 77.3 Å². The number of aromatic nitrogens is 2.